The van der Waals surface area contributed by atoms with Crippen LogP contribution in [0.3, 0.4) is 0 Å². The Kier molecular flexibility index (Phi) is 2.97. The van der Waals surface area contributed by atoms with Crippen LogP contribution >= 0.6 is 0 Å². The number of rotatable bonds is 3. The summed E-state index contributed by atoms with van der Waals surface area (Å²) in [6.07, 6.45) is 0. The van der Waals surface area contributed by atoms with Crippen molar-refractivity contribution in [3.05, 3.63) is 28.8 Å². The molecule has 0 amide bonds. The molecule has 0 saturated carbocycles. The van der Waals surface area contributed by atoms with Crippen LogP contribution in [0, 0.1) is 19.8 Å². The number of hydrogen-bond donors (Lipinski definition) is 1. The third-order valence-corrected chi connectivity index (χ3v) is 3.16. The highest BCUT2D eigenvalue weighted by atomic mass is 16.5. The third-order valence-electron chi connectivity index (χ3n) is 3.16. The Morgan fingerprint density at radius 1 is 1.31 bits per heavy atom. The molecule has 1 saturated heterocycles. The van der Waals surface area contributed by atoms with Crippen molar-refractivity contribution in [1.82, 2.24) is 5.32 Å². The van der Waals surface area contributed by atoms with E-state index in [0.29, 0.717) is 0 Å². The number of Topliss-reactive ketones (excluding diaryl/α,β-unsaturated/α-hetero) is 1. The molecule has 1 heterocycles. The molecule has 1 aromatic rings. The highest BCUT2D eigenvalue weighted by Gasteiger charge is 2.27. The quantitative estimate of drug-likeness (QED) is 0.787. The number of ether oxygens (including phenoxy) is 1. The molecule has 0 unspecified atom stereocenters. The third kappa shape index (κ3) is 1.83. The molecule has 0 radical (unpaired) electrons. The first-order valence-corrected chi connectivity index (χ1v) is 5.53. The van der Waals surface area contributed by atoms with Gasteiger partial charge in [-0.2, -0.15) is 0 Å². The summed E-state index contributed by atoms with van der Waals surface area (Å²) in [6, 6.07) is 3.88. The van der Waals surface area contributed by atoms with Gasteiger partial charge in [0.15, 0.2) is 5.78 Å². The normalized spacial score (nSPS) is 15.7. The van der Waals surface area contributed by atoms with Crippen LogP contribution in [0.15, 0.2) is 12.1 Å². The number of ketones is 1. The molecular formula is C13H17NO2. The SMILES string of the molecule is COc1cc(C)c(C(=O)C2CNC2)cc1C. The van der Waals surface area contributed by atoms with E-state index in [2.05, 4.69) is 5.32 Å². The Balaban J connectivity index is 2.33. The van der Waals surface area contributed by atoms with Crippen molar-refractivity contribution >= 4 is 5.78 Å². The Bertz CT molecular complexity index is 422. The van der Waals surface area contributed by atoms with E-state index in [-0.39, 0.29) is 11.7 Å². The maximum atomic E-state index is 12.1. The van der Waals surface area contributed by atoms with Crippen molar-refractivity contribution < 1.29 is 9.53 Å². The summed E-state index contributed by atoms with van der Waals surface area (Å²) in [4.78, 5) is 12.1. The summed E-state index contributed by atoms with van der Waals surface area (Å²) in [5.74, 6) is 1.26. The van der Waals surface area contributed by atoms with Gasteiger partial charge in [0, 0.05) is 24.6 Å². The van der Waals surface area contributed by atoms with Crippen LogP contribution in [0.25, 0.3) is 0 Å². The van der Waals surface area contributed by atoms with E-state index >= 15 is 0 Å². The molecule has 16 heavy (non-hydrogen) atoms. The molecule has 0 aromatic heterocycles. The van der Waals surface area contributed by atoms with E-state index in [4.69, 9.17) is 4.74 Å². The molecular weight excluding hydrogens is 202 g/mol. The fourth-order valence-electron chi connectivity index (χ4n) is 1.97. The molecule has 1 fully saturated rings. The van der Waals surface area contributed by atoms with E-state index in [1.807, 2.05) is 26.0 Å². The molecule has 0 atom stereocenters. The highest BCUT2D eigenvalue weighted by molar-refractivity contribution is 6.00. The molecule has 0 aliphatic carbocycles. The number of nitrogens with one attached hydrogen (secondary N) is 1. The number of carbonyl (C=O) groups excluding carboxylic acids is 1. The van der Waals surface area contributed by atoms with Crippen LogP contribution in [0.5, 0.6) is 5.75 Å². The molecule has 86 valence electrons. The van der Waals surface area contributed by atoms with Crippen LogP contribution in [0.1, 0.15) is 21.5 Å². The van der Waals surface area contributed by atoms with Gasteiger partial charge in [-0.15, -0.1) is 0 Å². The van der Waals surface area contributed by atoms with E-state index in [9.17, 15) is 4.79 Å². The first-order chi connectivity index (χ1) is 7.63. The Morgan fingerprint density at radius 3 is 2.50 bits per heavy atom. The van der Waals surface area contributed by atoms with E-state index < -0.39 is 0 Å². The standard InChI is InChI=1S/C13H17NO2/c1-8-5-12(16-3)9(2)4-11(8)13(15)10-6-14-7-10/h4-5,10,14H,6-7H2,1-3H3. The van der Waals surface area contributed by atoms with Crippen LogP contribution < -0.4 is 10.1 Å². The van der Waals surface area contributed by atoms with Gasteiger partial charge in [0.25, 0.3) is 0 Å². The minimum absolute atomic E-state index is 0.159. The molecule has 1 aliphatic rings. The van der Waals surface area contributed by atoms with Gasteiger partial charge >= 0.3 is 0 Å². The largest absolute Gasteiger partial charge is 0.496 e. The summed E-state index contributed by atoms with van der Waals surface area (Å²) in [6.45, 7) is 5.54. The van der Waals surface area contributed by atoms with Gasteiger partial charge in [-0.1, -0.05) is 0 Å². The number of hydrogen-bond acceptors (Lipinski definition) is 3. The average molecular weight is 219 g/mol. The molecule has 1 aromatic carbocycles. The van der Waals surface area contributed by atoms with Gasteiger partial charge in [-0.3, -0.25) is 4.79 Å². The zero-order chi connectivity index (χ0) is 11.7. The predicted molar refractivity (Wildman–Crippen MR) is 63.2 cm³/mol. The Morgan fingerprint density at radius 2 is 2.00 bits per heavy atom. The van der Waals surface area contributed by atoms with Crippen LogP contribution in [-0.4, -0.2) is 26.0 Å². The smallest absolute Gasteiger partial charge is 0.168 e. The molecule has 1 N–H and O–H groups in total. The second-order valence-electron chi connectivity index (χ2n) is 4.36. The lowest BCUT2D eigenvalue weighted by Gasteiger charge is -2.26. The summed E-state index contributed by atoms with van der Waals surface area (Å²) in [5.41, 5.74) is 2.85. The second kappa shape index (κ2) is 4.26. The van der Waals surface area contributed by atoms with Gasteiger partial charge < -0.3 is 10.1 Å². The molecule has 1 aliphatic heterocycles. The van der Waals surface area contributed by atoms with Crippen molar-refractivity contribution in [1.29, 1.82) is 0 Å². The van der Waals surface area contributed by atoms with Crippen LogP contribution in [0.4, 0.5) is 0 Å². The second-order valence-corrected chi connectivity index (χ2v) is 4.36. The van der Waals surface area contributed by atoms with Crippen LogP contribution in [-0.2, 0) is 0 Å². The number of methoxy groups -OCH3 is 1. The van der Waals surface area contributed by atoms with Gasteiger partial charge in [-0.05, 0) is 37.1 Å². The minimum Gasteiger partial charge on any atom is -0.496 e. The molecule has 3 nitrogen and oxygen atoms in total. The Hall–Kier alpha value is -1.35. The van der Waals surface area contributed by atoms with Crippen molar-refractivity contribution in [2.45, 2.75) is 13.8 Å². The molecule has 2 rings (SSSR count). The van der Waals surface area contributed by atoms with Gasteiger partial charge in [0.1, 0.15) is 5.75 Å². The minimum atomic E-state index is 0.159. The molecule has 0 spiro atoms. The number of benzene rings is 1. The first kappa shape index (κ1) is 11.1. The van der Waals surface area contributed by atoms with E-state index in [1.54, 1.807) is 7.11 Å². The Labute approximate surface area is 95.8 Å². The van der Waals surface area contributed by atoms with Crippen molar-refractivity contribution in [3.63, 3.8) is 0 Å². The van der Waals surface area contributed by atoms with E-state index in [0.717, 1.165) is 35.5 Å². The summed E-state index contributed by atoms with van der Waals surface area (Å²) >= 11 is 0. The molecule has 0 bridgehead atoms. The first-order valence-electron chi connectivity index (χ1n) is 5.53. The number of carbonyl (C=O) groups is 1. The fraction of sp³-hybridized carbons (Fsp3) is 0.462. The highest BCUT2D eigenvalue weighted by Crippen LogP contribution is 2.25. The average Bonchev–Trinajstić information content (AvgIpc) is 2.18. The van der Waals surface area contributed by atoms with Gasteiger partial charge in [0.05, 0.1) is 7.11 Å². The fourth-order valence-corrected chi connectivity index (χ4v) is 1.97. The number of aryl methyl sites for hydroxylation is 2. The van der Waals surface area contributed by atoms with Crippen molar-refractivity contribution in [3.8, 4) is 5.75 Å². The summed E-state index contributed by atoms with van der Waals surface area (Å²) in [7, 11) is 1.65. The maximum absolute atomic E-state index is 12.1. The monoisotopic (exact) mass is 219 g/mol. The maximum Gasteiger partial charge on any atom is 0.168 e. The topological polar surface area (TPSA) is 38.3 Å². The van der Waals surface area contributed by atoms with Crippen LogP contribution in [0.2, 0.25) is 0 Å². The van der Waals surface area contributed by atoms with E-state index in [1.165, 1.54) is 0 Å². The lowest BCUT2D eigenvalue weighted by atomic mass is 9.89. The lowest BCUT2D eigenvalue weighted by molar-refractivity contribution is 0.0877. The predicted octanol–water partition coefficient (Wildman–Crippen LogP) is 1.71. The lowest BCUT2D eigenvalue weighted by Crippen LogP contribution is -2.46. The molecule has 3 heteroatoms. The van der Waals surface area contributed by atoms with Crippen molar-refractivity contribution in [2.75, 3.05) is 20.2 Å². The summed E-state index contributed by atoms with van der Waals surface area (Å²) < 4.78 is 5.24. The van der Waals surface area contributed by atoms with Gasteiger partial charge in [-0.25, -0.2) is 0 Å². The zero-order valence-electron chi connectivity index (χ0n) is 9.96. The summed E-state index contributed by atoms with van der Waals surface area (Å²) in [5, 5.41) is 3.12. The zero-order valence-corrected chi connectivity index (χ0v) is 9.96. The van der Waals surface area contributed by atoms with Crippen molar-refractivity contribution in [2.24, 2.45) is 5.92 Å². The van der Waals surface area contributed by atoms with Gasteiger partial charge in [0.2, 0.25) is 0 Å².